The predicted molar refractivity (Wildman–Crippen MR) is 215 cm³/mol. The molecule has 0 spiro atoms. The predicted octanol–water partition coefficient (Wildman–Crippen LogP) is 4.18. The molecule has 0 bridgehead atoms. The number of aromatic nitrogens is 1. The van der Waals surface area contributed by atoms with Crippen molar-refractivity contribution in [2.24, 2.45) is 7.05 Å². The summed E-state index contributed by atoms with van der Waals surface area (Å²) in [5.41, 5.74) is -3.91. The molecule has 5 aromatic carbocycles. The molecule has 6 N–H and O–H groups in total. The number of carboxylic acids is 1. The molecule has 0 atom stereocenters. The summed E-state index contributed by atoms with van der Waals surface area (Å²) >= 11 is 0. The van der Waals surface area contributed by atoms with E-state index < -0.39 is 97.6 Å². The molecule has 0 fully saturated rings. The summed E-state index contributed by atoms with van der Waals surface area (Å²) in [4.78, 5) is 64.4. The van der Waals surface area contributed by atoms with Gasteiger partial charge in [-0.25, -0.2) is 4.79 Å². The van der Waals surface area contributed by atoms with Crippen LogP contribution < -0.4 is 20.9 Å². The lowest BCUT2D eigenvalue weighted by Crippen LogP contribution is -2.29. The topological polar surface area (TPSA) is 307 Å². The van der Waals surface area contributed by atoms with Gasteiger partial charge in [-0.2, -0.15) is 25.3 Å². The number of aromatic carboxylic acids is 1. The summed E-state index contributed by atoms with van der Waals surface area (Å²) in [7, 11) is -14.3. The molecule has 1 aliphatic rings. The van der Waals surface area contributed by atoms with Crippen molar-refractivity contribution in [3.8, 4) is 16.9 Å². The average molecular weight is 890 g/mol. The number of anilines is 3. The molecule has 1 heterocycles. The van der Waals surface area contributed by atoms with Crippen molar-refractivity contribution < 1.29 is 67.9 Å². The number of aryl methyl sites for hydroxylation is 1. The van der Waals surface area contributed by atoms with Gasteiger partial charge in [0, 0.05) is 29.1 Å². The molecule has 1 aliphatic carbocycles. The lowest BCUT2D eigenvalue weighted by Gasteiger charge is -2.26. The first kappa shape index (κ1) is 42.1. The van der Waals surface area contributed by atoms with E-state index in [2.05, 4.69) is 10.6 Å². The van der Waals surface area contributed by atoms with Crippen LogP contribution >= 0.6 is 0 Å². The summed E-state index contributed by atoms with van der Waals surface area (Å²) in [5.74, 6) is -4.49. The van der Waals surface area contributed by atoms with Gasteiger partial charge in [-0.15, -0.1) is 0 Å². The van der Waals surface area contributed by atoms with Crippen molar-refractivity contribution in [2.75, 3.05) is 17.2 Å². The molecule has 0 saturated heterocycles. The smallest absolute Gasteiger partial charge is 0.339 e. The van der Waals surface area contributed by atoms with E-state index in [1.54, 1.807) is 0 Å². The highest BCUT2D eigenvalue weighted by atomic mass is 32.2. The highest BCUT2D eigenvalue weighted by Crippen LogP contribution is 2.45. The standard InChI is InChI=1S/C39H27N3O16S3/c1-42-27-14-13-24(33-34(27)32(21-9-2-3-10-22(21)37(33)45)35(38(42)46)36(44)19-7-6-8-20(15-19)59(49,50)51)40-25-16-26(30(61(55,56)57)17-29(25)60(52,53)54)41-31(43)18-58-28-12-5-4-11-23(28)39(47)48/h2-17,40H,18H2,1H3,(H,41,43)(H,47,48)(H,49,50,51)(H,52,53,54)(H,55,56,57). The number of nitrogens with one attached hydrogen (secondary N) is 2. The Morgan fingerprint density at radius 1 is 0.689 bits per heavy atom. The molecule has 61 heavy (non-hydrogen) atoms. The summed E-state index contributed by atoms with van der Waals surface area (Å²) in [6.07, 6.45) is 0. The van der Waals surface area contributed by atoms with Gasteiger partial charge < -0.3 is 25.0 Å². The monoisotopic (exact) mass is 889 g/mol. The zero-order valence-corrected chi connectivity index (χ0v) is 33.3. The number of rotatable bonds is 12. The largest absolute Gasteiger partial charge is 0.483 e. The molecule has 19 nitrogen and oxygen atoms in total. The molecule has 0 saturated carbocycles. The van der Waals surface area contributed by atoms with Crippen LogP contribution in [0.25, 0.3) is 22.0 Å². The molecule has 22 heteroatoms. The zero-order valence-electron chi connectivity index (χ0n) is 30.8. The first-order valence-corrected chi connectivity index (χ1v) is 21.5. The minimum atomic E-state index is -5.40. The van der Waals surface area contributed by atoms with Crippen LogP contribution in [0.5, 0.6) is 5.75 Å². The first-order valence-electron chi connectivity index (χ1n) is 17.2. The molecule has 1 aromatic heterocycles. The fraction of sp³-hybridized carbons (Fsp3) is 0.0513. The Kier molecular flexibility index (Phi) is 10.5. The number of ketones is 2. The fourth-order valence-corrected chi connectivity index (χ4v) is 8.77. The fourth-order valence-electron chi connectivity index (χ4n) is 6.86. The number of hydrogen-bond donors (Lipinski definition) is 6. The van der Waals surface area contributed by atoms with E-state index in [4.69, 9.17) is 4.74 Å². The van der Waals surface area contributed by atoms with Crippen molar-refractivity contribution in [3.63, 3.8) is 0 Å². The van der Waals surface area contributed by atoms with E-state index in [0.717, 1.165) is 16.7 Å². The number of pyridine rings is 1. The van der Waals surface area contributed by atoms with Gasteiger partial charge in [-0.3, -0.25) is 32.8 Å². The van der Waals surface area contributed by atoms with Crippen LogP contribution in [-0.2, 0) is 42.2 Å². The Bertz CT molecular complexity index is 3360. The molecule has 0 unspecified atom stereocenters. The number of nitrogens with zero attached hydrogens (tertiary/aromatic N) is 1. The van der Waals surface area contributed by atoms with Crippen LogP contribution in [0, 0.1) is 0 Å². The van der Waals surface area contributed by atoms with Gasteiger partial charge in [0.25, 0.3) is 41.8 Å². The number of hydrogen-bond acceptors (Lipinski definition) is 13. The second-order valence-electron chi connectivity index (χ2n) is 13.3. The van der Waals surface area contributed by atoms with Crippen LogP contribution in [0.4, 0.5) is 17.1 Å². The maximum Gasteiger partial charge on any atom is 0.339 e. The van der Waals surface area contributed by atoms with Crippen molar-refractivity contribution >= 4 is 81.8 Å². The van der Waals surface area contributed by atoms with Crippen molar-refractivity contribution in [3.05, 3.63) is 135 Å². The Hall–Kier alpha value is -7.08. The summed E-state index contributed by atoms with van der Waals surface area (Å²) in [5, 5.41) is 14.2. The van der Waals surface area contributed by atoms with Crippen molar-refractivity contribution in [1.82, 2.24) is 4.57 Å². The van der Waals surface area contributed by atoms with E-state index in [-0.39, 0.29) is 55.7 Å². The lowest BCUT2D eigenvalue weighted by molar-refractivity contribution is -0.118. The minimum absolute atomic E-state index is 0.0274. The summed E-state index contributed by atoms with van der Waals surface area (Å²) < 4.78 is 111. The Morgan fingerprint density at radius 2 is 1.33 bits per heavy atom. The first-order chi connectivity index (χ1) is 28.6. The second-order valence-corrected chi connectivity index (χ2v) is 17.5. The molecule has 7 rings (SSSR count). The molecular formula is C39H27N3O16S3. The SMILES string of the molecule is Cn1c(=O)c(C(=O)c2cccc(S(=O)(=O)O)c2)c2c3c(c(Nc4cc(NC(=O)COc5ccccc5C(=O)O)c(S(=O)(=O)O)cc4S(=O)(=O)O)ccc31)C(=O)c1ccccc1-2. The molecular weight excluding hydrogens is 863 g/mol. The molecule has 6 aromatic rings. The maximum absolute atomic E-state index is 14.4. The maximum atomic E-state index is 14.4. The van der Waals surface area contributed by atoms with Gasteiger partial charge in [-0.1, -0.05) is 48.5 Å². The Labute approximate surface area is 344 Å². The number of fused-ring (bicyclic) bond motifs is 2. The number of para-hydroxylation sites is 1. The zero-order chi connectivity index (χ0) is 44.3. The van der Waals surface area contributed by atoms with Gasteiger partial charge in [-0.05, 0) is 54.1 Å². The van der Waals surface area contributed by atoms with Gasteiger partial charge in [0.15, 0.2) is 18.2 Å². The van der Waals surface area contributed by atoms with Gasteiger partial charge in [0.1, 0.15) is 21.1 Å². The van der Waals surface area contributed by atoms with Crippen LogP contribution in [0.2, 0.25) is 0 Å². The van der Waals surface area contributed by atoms with Crippen LogP contribution in [0.3, 0.4) is 0 Å². The van der Waals surface area contributed by atoms with E-state index in [1.165, 1.54) is 79.8 Å². The quantitative estimate of drug-likeness (QED) is 0.0740. The number of carbonyl (C=O) groups is 4. The van der Waals surface area contributed by atoms with Gasteiger partial charge in [0.2, 0.25) is 0 Å². The number of ether oxygens (including phenoxy) is 1. The van der Waals surface area contributed by atoms with E-state index in [9.17, 15) is 68.0 Å². The second kappa shape index (κ2) is 15.2. The molecule has 0 aliphatic heterocycles. The number of amides is 1. The van der Waals surface area contributed by atoms with E-state index in [1.807, 2.05) is 0 Å². The van der Waals surface area contributed by atoms with Gasteiger partial charge in [0.05, 0.1) is 38.6 Å². The number of carbonyl (C=O) groups excluding carboxylic acids is 3. The van der Waals surface area contributed by atoms with Crippen LogP contribution in [0.1, 0.15) is 42.2 Å². The lowest BCUT2D eigenvalue weighted by atomic mass is 9.80. The average Bonchev–Trinajstić information content (AvgIpc) is 3.19. The number of carboxylic acid groups (broad SMARTS) is 1. The van der Waals surface area contributed by atoms with Gasteiger partial charge >= 0.3 is 5.97 Å². The molecule has 0 radical (unpaired) electrons. The Morgan fingerprint density at radius 3 is 1.98 bits per heavy atom. The highest BCUT2D eigenvalue weighted by Gasteiger charge is 2.35. The third-order valence-electron chi connectivity index (χ3n) is 9.51. The number of benzene rings is 5. The molecule has 1 amide bonds. The third kappa shape index (κ3) is 7.77. The summed E-state index contributed by atoms with van der Waals surface area (Å²) in [6.45, 7) is -0.927. The highest BCUT2D eigenvalue weighted by molar-refractivity contribution is 7.87. The third-order valence-corrected chi connectivity index (χ3v) is 12.1. The van der Waals surface area contributed by atoms with Crippen LogP contribution in [-0.4, -0.2) is 78.6 Å². The van der Waals surface area contributed by atoms with Crippen LogP contribution in [0.15, 0.2) is 117 Å². The van der Waals surface area contributed by atoms with E-state index in [0.29, 0.717) is 12.1 Å². The minimum Gasteiger partial charge on any atom is -0.483 e. The van der Waals surface area contributed by atoms with E-state index >= 15 is 0 Å². The normalized spacial score (nSPS) is 12.4. The van der Waals surface area contributed by atoms with Crippen molar-refractivity contribution in [2.45, 2.75) is 14.7 Å². The van der Waals surface area contributed by atoms with Crippen molar-refractivity contribution in [1.29, 1.82) is 0 Å². The Balaban J connectivity index is 1.42. The molecule has 312 valence electrons. The summed E-state index contributed by atoms with van der Waals surface area (Å²) in [6, 6.07) is 18.9.